The number of carbonyl (C=O) groups excluding carboxylic acids is 1. The molecule has 7 nitrogen and oxygen atoms in total. The van der Waals surface area contributed by atoms with E-state index in [9.17, 15) is 9.36 Å². The Morgan fingerprint density at radius 1 is 1.27 bits per heavy atom. The van der Waals surface area contributed by atoms with Crippen LogP contribution in [0.5, 0.6) is 0 Å². The maximum absolute atomic E-state index is 11.3. The molecule has 0 saturated heterocycles. The van der Waals surface area contributed by atoms with Crippen molar-refractivity contribution in [3.63, 3.8) is 0 Å². The summed E-state index contributed by atoms with van der Waals surface area (Å²) in [6.07, 6.45) is -0.505. The largest absolute Gasteiger partial charge is 0.414 e. The number of carbonyl (C=O) groups is 1. The minimum atomic E-state index is -4.36. The average Bonchev–Trinajstić information content (AvgIpc) is 1.99. The van der Waals surface area contributed by atoms with Gasteiger partial charge in [0.25, 0.3) is 0 Å². The number of hydrogen-bond acceptors (Lipinski definition) is 5. The van der Waals surface area contributed by atoms with E-state index in [0.717, 1.165) is 6.92 Å². The van der Waals surface area contributed by atoms with Crippen molar-refractivity contribution in [2.45, 2.75) is 31.6 Å². The second-order valence-corrected chi connectivity index (χ2v) is 7.46. The Hall–Kier alpha value is 0.130. The second-order valence-electron chi connectivity index (χ2n) is 3.40. The smallest absolute Gasteiger partial charge is 0.324 e. The maximum Gasteiger partial charge on any atom is 0.414 e. The molecule has 0 aromatic carbocycles. The maximum atomic E-state index is 11.3. The summed E-state index contributed by atoms with van der Waals surface area (Å²) in [5.74, 6) is -0.786. The summed E-state index contributed by atoms with van der Waals surface area (Å²) in [7, 11) is -8.63. The van der Waals surface area contributed by atoms with E-state index in [4.69, 9.17) is 24.5 Å². The highest BCUT2D eigenvalue weighted by Gasteiger charge is 2.45. The normalized spacial score (nSPS) is 17.3. The van der Waals surface area contributed by atoms with Crippen LogP contribution in [0, 0.1) is 0 Å². The van der Waals surface area contributed by atoms with E-state index in [1.54, 1.807) is 0 Å². The van der Waals surface area contributed by atoms with Gasteiger partial charge in [0.05, 0.1) is 5.66 Å². The first-order valence-corrected chi connectivity index (χ1v) is 7.51. The molecule has 15 heavy (non-hydrogen) atoms. The monoisotopic (exact) mass is 261 g/mol. The third-order valence-corrected chi connectivity index (χ3v) is 4.71. The van der Waals surface area contributed by atoms with Gasteiger partial charge >= 0.3 is 15.5 Å². The molecule has 0 fully saturated rings. The molecule has 0 aliphatic heterocycles. The summed E-state index contributed by atoms with van der Waals surface area (Å²) >= 11 is 0. The molecule has 5 N–H and O–H groups in total. The minimum Gasteiger partial charge on any atom is -0.324 e. The van der Waals surface area contributed by atoms with Crippen molar-refractivity contribution in [1.82, 2.24) is 0 Å². The molecule has 0 aromatic heterocycles. The van der Waals surface area contributed by atoms with Crippen LogP contribution in [0.3, 0.4) is 0 Å². The van der Waals surface area contributed by atoms with Crippen LogP contribution < -0.4 is 0 Å². The van der Waals surface area contributed by atoms with Crippen molar-refractivity contribution in [3.05, 3.63) is 0 Å². The van der Waals surface area contributed by atoms with Crippen LogP contribution in [0.15, 0.2) is 0 Å². The Kier molecular flexibility index (Phi) is 5.02. The van der Waals surface area contributed by atoms with Crippen LogP contribution in [0.2, 0.25) is 0 Å². The Morgan fingerprint density at radius 2 is 1.67 bits per heavy atom. The van der Waals surface area contributed by atoms with Crippen LogP contribution in [-0.2, 0) is 9.36 Å². The molecular weight excluding hydrogens is 246 g/mol. The summed E-state index contributed by atoms with van der Waals surface area (Å²) in [5, 5.41) is 0. The minimum absolute atomic E-state index is 0.505. The number of hydrogen-bond donors (Lipinski definition) is 5. The lowest BCUT2D eigenvalue weighted by molar-refractivity contribution is -0.118. The quantitative estimate of drug-likeness (QED) is 0.426. The lowest BCUT2D eigenvalue weighted by Gasteiger charge is -2.15. The van der Waals surface area contributed by atoms with Crippen molar-refractivity contribution in [1.29, 1.82) is 0 Å². The van der Waals surface area contributed by atoms with Gasteiger partial charge in [-0.3, -0.25) is 9.36 Å². The predicted octanol–water partition coefficient (Wildman–Crippen LogP) is -0.360. The van der Waals surface area contributed by atoms with E-state index in [1.807, 2.05) is 0 Å². The lowest BCUT2D eigenvalue weighted by Crippen LogP contribution is -2.24. The Morgan fingerprint density at radius 3 is 1.93 bits per heavy atom. The summed E-state index contributed by atoms with van der Waals surface area (Å²) < 4.78 is 10.7. The van der Waals surface area contributed by atoms with Crippen LogP contribution in [-0.4, -0.2) is 41.6 Å². The van der Waals surface area contributed by atoms with Gasteiger partial charge in [0, 0.05) is 6.42 Å². The van der Waals surface area contributed by atoms with Gasteiger partial charge < -0.3 is 9.79 Å². The van der Waals surface area contributed by atoms with Gasteiger partial charge in [-0.05, 0) is 6.92 Å². The third kappa shape index (κ3) is 5.13. The van der Waals surface area contributed by atoms with Gasteiger partial charge in [0.15, 0.2) is 5.78 Å². The topological polar surface area (TPSA) is 135 Å². The second kappa shape index (κ2) is 4.97. The van der Waals surface area contributed by atoms with Crippen molar-refractivity contribution in [3.8, 4) is 0 Å². The molecule has 0 aliphatic rings. The van der Waals surface area contributed by atoms with Gasteiger partial charge in [-0.15, -0.1) is 0 Å². The van der Waals surface area contributed by atoms with Crippen molar-refractivity contribution >= 4 is 21.3 Å². The first-order chi connectivity index (χ1) is 6.46. The van der Waals surface area contributed by atoms with Crippen LogP contribution in [0.25, 0.3) is 0 Å². The molecule has 0 saturated carbocycles. The van der Waals surface area contributed by atoms with E-state index in [0.29, 0.717) is 0 Å². The fraction of sp³-hybridized carbons (Fsp3) is 0.833. The number of Topliss-reactive ketones (excluding diaryl/α,β-unsaturated/α-hetero) is 1. The molecule has 0 spiro atoms. The molecule has 0 amide bonds. The first kappa shape index (κ1) is 15.1. The van der Waals surface area contributed by atoms with Gasteiger partial charge in [-0.2, -0.15) is 14.7 Å². The number of ketones is 1. The fourth-order valence-corrected chi connectivity index (χ4v) is 1.68. The fourth-order valence-electron chi connectivity index (χ4n) is 0.774. The zero-order valence-corrected chi connectivity index (χ0v) is 10.1. The number of rotatable bonds is 5. The summed E-state index contributed by atoms with van der Waals surface area (Å²) in [4.78, 5) is 55.0. The molecule has 90 valence electrons. The first-order valence-electron chi connectivity index (χ1n) is 4.11. The van der Waals surface area contributed by atoms with Crippen LogP contribution in [0.1, 0.15) is 20.3 Å². The molecule has 0 radical (unpaired) electrons. The van der Waals surface area contributed by atoms with Crippen molar-refractivity contribution in [2.24, 2.45) is 0 Å². The van der Waals surface area contributed by atoms with E-state index in [1.165, 1.54) is 6.92 Å². The molecule has 0 aromatic rings. The van der Waals surface area contributed by atoms with Crippen LogP contribution >= 0.6 is 15.5 Å². The standard InChI is InChI=1S/C6H14O7P2/c1-4(14(8,9)10)3-6(7)5(2)15(11,12)13/h4-5,11-13H,3H2,1-2H3,(H-,8,9,10)/p+1. The Bertz CT molecular complexity index is 278. The molecule has 0 heterocycles. The van der Waals surface area contributed by atoms with Gasteiger partial charge in [0.2, 0.25) is 5.66 Å². The molecule has 2 atom stereocenters. The van der Waals surface area contributed by atoms with Crippen molar-refractivity contribution < 1.29 is 33.8 Å². The average molecular weight is 261 g/mol. The van der Waals surface area contributed by atoms with E-state index >= 15 is 0 Å². The molecule has 0 bridgehead atoms. The molecule has 9 heteroatoms. The van der Waals surface area contributed by atoms with E-state index < -0.39 is 39.1 Å². The zero-order valence-electron chi connectivity index (χ0n) is 8.31. The summed E-state index contributed by atoms with van der Waals surface area (Å²) in [6, 6.07) is 0. The SMILES string of the molecule is CC(CC(=O)C(C)[P+](O)(O)O)P(=O)(O)O. The van der Waals surface area contributed by atoms with E-state index in [-0.39, 0.29) is 0 Å². The van der Waals surface area contributed by atoms with Crippen LogP contribution in [0.4, 0.5) is 0 Å². The summed E-state index contributed by atoms with van der Waals surface area (Å²) in [6.45, 7) is 2.28. The Balaban J connectivity index is 4.46. The molecular formula is C6H15O7P2+. The molecule has 0 rings (SSSR count). The molecule has 0 aliphatic carbocycles. The highest BCUT2D eigenvalue weighted by atomic mass is 31.2. The zero-order chi connectivity index (χ0) is 12.4. The third-order valence-electron chi connectivity index (χ3n) is 2.06. The Labute approximate surface area is 87.5 Å². The molecule has 2 unspecified atom stereocenters. The predicted molar refractivity (Wildman–Crippen MR) is 54.2 cm³/mol. The van der Waals surface area contributed by atoms with Gasteiger partial charge in [0.1, 0.15) is 0 Å². The highest BCUT2D eigenvalue weighted by molar-refractivity contribution is 7.60. The van der Waals surface area contributed by atoms with Gasteiger partial charge in [-0.25, -0.2) is 0 Å². The summed E-state index contributed by atoms with van der Waals surface area (Å²) in [5.41, 5.74) is -2.61. The van der Waals surface area contributed by atoms with Crippen molar-refractivity contribution in [2.75, 3.05) is 0 Å². The highest BCUT2D eigenvalue weighted by Crippen LogP contribution is 2.51. The van der Waals surface area contributed by atoms with Gasteiger partial charge in [-0.1, -0.05) is 6.92 Å². The lowest BCUT2D eigenvalue weighted by atomic mass is 10.2. The van der Waals surface area contributed by atoms with E-state index in [2.05, 4.69) is 0 Å².